The summed E-state index contributed by atoms with van der Waals surface area (Å²) in [5.41, 5.74) is 4.47. The van der Waals surface area contributed by atoms with Gasteiger partial charge in [-0.05, 0) is 51.8 Å². The third kappa shape index (κ3) is 3.66. The molecule has 1 fully saturated rings. The molecule has 0 spiro atoms. The van der Waals surface area contributed by atoms with Crippen molar-refractivity contribution in [1.82, 2.24) is 15.1 Å². The van der Waals surface area contributed by atoms with Crippen LogP contribution in [0.25, 0.3) is 11.3 Å². The van der Waals surface area contributed by atoms with Gasteiger partial charge >= 0.3 is 0 Å². The van der Waals surface area contributed by atoms with Crippen molar-refractivity contribution in [2.75, 3.05) is 44.3 Å². The molecular weight excluding hydrogens is 368 g/mol. The van der Waals surface area contributed by atoms with Gasteiger partial charge in [-0.25, -0.2) is 0 Å². The summed E-state index contributed by atoms with van der Waals surface area (Å²) in [4.78, 5) is 16.5. The van der Waals surface area contributed by atoms with Crippen LogP contribution in [0.5, 0.6) is 11.5 Å². The molecule has 1 aromatic carbocycles. The molecule has 0 saturated carbocycles. The zero-order valence-corrected chi connectivity index (χ0v) is 17.5. The summed E-state index contributed by atoms with van der Waals surface area (Å²) in [6.07, 6.45) is 2.40. The molecule has 0 radical (unpaired) electrons. The fraction of sp³-hybridized carbons (Fsp3) is 0.545. The molecule has 7 nitrogen and oxygen atoms in total. The van der Waals surface area contributed by atoms with Gasteiger partial charge in [0.1, 0.15) is 5.69 Å². The molecule has 1 amide bonds. The largest absolute Gasteiger partial charge is 0.490 e. The van der Waals surface area contributed by atoms with Gasteiger partial charge in [-0.15, -0.1) is 0 Å². The average molecular weight is 399 g/mol. The van der Waals surface area contributed by atoms with Crippen LogP contribution in [-0.4, -0.2) is 60.4 Å². The maximum atomic E-state index is 12.3. The first-order valence-corrected chi connectivity index (χ1v) is 10.7. The number of fused-ring (bicyclic) bond motifs is 2. The van der Waals surface area contributed by atoms with Crippen LogP contribution >= 0.6 is 0 Å². The number of hydrogen-bond acceptors (Lipinski definition) is 5. The van der Waals surface area contributed by atoms with E-state index in [0.29, 0.717) is 37.1 Å². The number of nitrogens with zero attached hydrogens (tertiary/aromatic N) is 3. The summed E-state index contributed by atoms with van der Waals surface area (Å²) in [6.45, 7) is 9.96. The lowest BCUT2D eigenvalue weighted by Gasteiger charge is -2.40. The number of benzene rings is 1. The van der Waals surface area contributed by atoms with E-state index in [1.165, 1.54) is 24.2 Å². The van der Waals surface area contributed by atoms with Gasteiger partial charge in [0.15, 0.2) is 18.1 Å². The highest BCUT2D eigenvalue weighted by atomic mass is 16.5. The minimum atomic E-state index is -0.0216. The number of carbonyl (C=O) groups excluding carboxylic acids is 1. The van der Waals surface area contributed by atoms with E-state index < -0.39 is 0 Å². The van der Waals surface area contributed by atoms with Crippen molar-refractivity contribution in [3.8, 4) is 22.8 Å². The van der Waals surface area contributed by atoms with Crippen molar-refractivity contribution in [3.05, 3.63) is 23.9 Å². The monoisotopic (exact) mass is 398 g/mol. The molecule has 1 saturated heterocycles. The van der Waals surface area contributed by atoms with Gasteiger partial charge in [0.25, 0.3) is 5.91 Å². The van der Waals surface area contributed by atoms with Crippen LogP contribution in [0.4, 0.5) is 5.69 Å². The van der Waals surface area contributed by atoms with Crippen molar-refractivity contribution in [2.24, 2.45) is 0 Å². The summed E-state index contributed by atoms with van der Waals surface area (Å²) in [7, 11) is 0. The SMILES string of the molecule is CCOc1cc(-c2n[nH]c3c2N2CCC3CC2)ccc1OCC(=O)N(CC)CC. The molecule has 0 atom stereocenters. The molecule has 156 valence electrons. The lowest BCUT2D eigenvalue weighted by atomic mass is 9.86. The molecule has 4 heterocycles. The average Bonchev–Trinajstić information content (AvgIpc) is 3.22. The molecule has 5 rings (SSSR count). The van der Waals surface area contributed by atoms with Gasteiger partial charge < -0.3 is 19.3 Å². The number of aromatic nitrogens is 2. The molecule has 29 heavy (non-hydrogen) atoms. The van der Waals surface area contributed by atoms with E-state index in [0.717, 1.165) is 24.3 Å². The van der Waals surface area contributed by atoms with E-state index in [-0.39, 0.29) is 12.5 Å². The Morgan fingerprint density at radius 3 is 2.62 bits per heavy atom. The Balaban J connectivity index is 1.58. The van der Waals surface area contributed by atoms with Gasteiger partial charge in [0.05, 0.1) is 18.0 Å². The third-order valence-electron chi connectivity index (χ3n) is 5.97. The number of rotatable bonds is 8. The second kappa shape index (κ2) is 8.35. The molecule has 2 bridgehead atoms. The van der Waals surface area contributed by atoms with Crippen LogP contribution in [0.1, 0.15) is 45.2 Å². The number of piperidine rings is 1. The van der Waals surface area contributed by atoms with E-state index in [2.05, 4.69) is 15.1 Å². The second-order valence-corrected chi connectivity index (χ2v) is 7.55. The maximum Gasteiger partial charge on any atom is 0.260 e. The van der Waals surface area contributed by atoms with Crippen LogP contribution < -0.4 is 14.4 Å². The zero-order valence-electron chi connectivity index (χ0n) is 17.5. The van der Waals surface area contributed by atoms with Gasteiger partial charge in [0, 0.05) is 37.7 Å². The number of nitrogens with one attached hydrogen (secondary N) is 1. The molecule has 0 unspecified atom stereocenters. The standard InChI is InChI=1S/C22H30N4O3/c1-4-25(5-2)19(27)14-29-17-8-7-16(13-18(17)28-6-3)21-22-20(23-24-21)15-9-11-26(22)12-10-15/h7-8,13,15H,4-6,9-12,14H2,1-3H3,(H,23,24). The molecule has 1 N–H and O–H groups in total. The van der Waals surface area contributed by atoms with Gasteiger partial charge in [-0.2, -0.15) is 5.10 Å². The number of likely N-dealkylation sites (N-methyl/N-ethyl adjacent to an activating group) is 1. The summed E-state index contributed by atoms with van der Waals surface area (Å²) < 4.78 is 11.6. The fourth-order valence-corrected chi connectivity index (χ4v) is 4.40. The highest BCUT2D eigenvalue weighted by Gasteiger charge is 2.35. The van der Waals surface area contributed by atoms with Gasteiger partial charge in [-0.1, -0.05) is 0 Å². The summed E-state index contributed by atoms with van der Waals surface area (Å²) >= 11 is 0. The van der Waals surface area contributed by atoms with Crippen molar-refractivity contribution in [3.63, 3.8) is 0 Å². The van der Waals surface area contributed by atoms with Crippen LogP contribution in [0, 0.1) is 0 Å². The molecule has 7 heteroatoms. The normalized spacial score (nSPS) is 15.3. The minimum Gasteiger partial charge on any atom is -0.490 e. The maximum absolute atomic E-state index is 12.3. The molecule has 3 aliphatic heterocycles. The lowest BCUT2D eigenvalue weighted by Crippen LogP contribution is -2.38. The Morgan fingerprint density at radius 1 is 1.17 bits per heavy atom. The minimum absolute atomic E-state index is 0.00830. The quantitative estimate of drug-likeness (QED) is 0.738. The molecule has 0 aliphatic carbocycles. The number of amides is 1. The first kappa shape index (κ1) is 19.6. The smallest absolute Gasteiger partial charge is 0.260 e. The number of aromatic amines is 1. The number of carbonyl (C=O) groups is 1. The van der Waals surface area contributed by atoms with Crippen molar-refractivity contribution in [1.29, 1.82) is 0 Å². The first-order chi connectivity index (χ1) is 14.2. The van der Waals surface area contributed by atoms with Crippen molar-refractivity contribution < 1.29 is 14.3 Å². The molecular formula is C22H30N4O3. The number of hydrogen-bond donors (Lipinski definition) is 1. The first-order valence-electron chi connectivity index (χ1n) is 10.7. The van der Waals surface area contributed by atoms with E-state index in [4.69, 9.17) is 9.47 Å². The summed E-state index contributed by atoms with van der Waals surface area (Å²) in [5.74, 6) is 1.80. The Hall–Kier alpha value is -2.70. The Kier molecular flexibility index (Phi) is 5.65. The Labute approximate surface area is 172 Å². The van der Waals surface area contributed by atoms with E-state index in [9.17, 15) is 4.79 Å². The highest BCUT2D eigenvalue weighted by Crippen LogP contribution is 2.46. The molecule has 2 aromatic rings. The third-order valence-corrected chi connectivity index (χ3v) is 5.97. The number of anilines is 1. The van der Waals surface area contributed by atoms with E-state index in [1.807, 2.05) is 39.0 Å². The number of H-pyrrole nitrogens is 1. The predicted octanol–water partition coefficient (Wildman–Crippen LogP) is 3.42. The van der Waals surface area contributed by atoms with Crippen LogP contribution in [0.3, 0.4) is 0 Å². The highest BCUT2D eigenvalue weighted by molar-refractivity contribution is 5.81. The van der Waals surface area contributed by atoms with Crippen molar-refractivity contribution >= 4 is 11.6 Å². The zero-order chi connectivity index (χ0) is 20.4. The van der Waals surface area contributed by atoms with Gasteiger partial charge in [0.2, 0.25) is 0 Å². The number of ether oxygens (including phenoxy) is 2. The molecule has 3 aliphatic rings. The van der Waals surface area contributed by atoms with E-state index >= 15 is 0 Å². The predicted molar refractivity (Wildman–Crippen MR) is 113 cm³/mol. The summed E-state index contributed by atoms with van der Waals surface area (Å²) in [6, 6.07) is 5.85. The van der Waals surface area contributed by atoms with E-state index in [1.54, 1.807) is 4.90 Å². The fourth-order valence-electron chi connectivity index (χ4n) is 4.40. The van der Waals surface area contributed by atoms with Crippen molar-refractivity contribution in [2.45, 2.75) is 39.5 Å². The second-order valence-electron chi connectivity index (χ2n) is 7.55. The van der Waals surface area contributed by atoms with Crippen LogP contribution in [0.15, 0.2) is 18.2 Å². The molecule has 1 aromatic heterocycles. The van der Waals surface area contributed by atoms with Crippen LogP contribution in [0.2, 0.25) is 0 Å². The summed E-state index contributed by atoms with van der Waals surface area (Å²) in [5, 5.41) is 7.91. The Morgan fingerprint density at radius 2 is 1.93 bits per heavy atom. The van der Waals surface area contributed by atoms with Gasteiger partial charge in [-0.3, -0.25) is 9.89 Å². The lowest BCUT2D eigenvalue weighted by molar-refractivity contribution is -0.132. The topological polar surface area (TPSA) is 70.7 Å². The Bertz CT molecular complexity index is 867. The van der Waals surface area contributed by atoms with Crippen LogP contribution in [-0.2, 0) is 4.79 Å².